The van der Waals surface area contributed by atoms with Crippen LogP contribution in [0.1, 0.15) is 0 Å². The van der Waals surface area contributed by atoms with Crippen molar-refractivity contribution in [1.29, 1.82) is 0 Å². The van der Waals surface area contributed by atoms with E-state index in [4.69, 9.17) is 4.74 Å². The number of thiophene rings is 1. The van der Waals surface area contributed by atoms with Crippen LogP contribution in [0.15, 0.2) is 164 Å². The SMILES string of the molecule is c1ccc(-c2cc(-c3cccc4c3sc3ccccc34)cc(-c3ccccc3)c2B2c3ccccc3Oc3ccccc32)cc1. The second-order valence-corrected chi connectivity index (χ2v) is 12.7. The first-order chi connectivity index (χ1) is 22.3. The van der Waals surface area contributed by atoms with E-state index in [9.17, 15) is 0 Å². The van der Waals surface area contributed by atoms with Crippen LogP contribution in [-0.4, -0.2) is 6.71 Å². The first-order valence-corrected chi connectivity index (χ1v) is 16.2. The van der Waals surface area contributed by atoms with Gasteiger partial charge in [-0.15, -0.1) is 11.3 Å². The minimum Gasteiger partial charge on any atom is -0.458 e. The van der Waals surface area contributed by atoms with Gasteiger partial charge in [-0.25, -0.2) is 0 Å². The molecule has 0 atom stereocenters. The van der Waals surface area contributed by atoms with Gasteiger partial charge < -0.3 is 4.74 Å². The predicted octanol–water partition coefficient (Wildman–Crippen LogP) is 9.68. The first-order valence-electron chi connectivity index (χ1n) is 15.4. The van der Waals surface area contributed by atoms with Gasteiger partial charge in [-0.2, -0.15) is 0 Å². The second-order valence-electron chi connectivity index (χ2n) is 11.6. The van der Waals surface area contributed by atoms with Crippen molar-refractivity contribution in [1.82, 2.24) is 0 Å². The summed E-state index contributed by atoms with van der Waals surface area (Å²) < 4.78 is 9.14. The molecule has 0 saturated carbocycles. The Hall–Kier alpha value is -5.38. The van der Waals surface area contributed by atoms with Crippen LogP contribution in [-0.2, 0) is 0 Å². The van der Waals surface area contributed by atoms with Crippen LogP contribution in [0.3, 0.4) is 0 Å². The second kappa shape index (κ2) is 10.7. The van der Waals surface area contributed by atoms with Crippen LogP contribution in [0, 0.1) is 0 Å². The molecule has 9 rings (SSSR count). The van der Waals surface area contributed by atoms with E-state index in [0.717, 1.165) is 11.5 Å². The van der Waals surface area contributed by atoms with Crippen LogP contribution < -0.4 is 21.1 Å². The van der Waals surface area contributed by atoms with E-state index in [0.29, 0.717) is 0 Å². The van der Waals surface area contributed by atoms with Crippen LogP contribution in [0.2, 0.25) is 0 Å². The molecular formula is C42H27BOS. The Bertz CT molecular complexity index is 2250. The number of rotatable bonds is 4. The van der Waals surface area contributed by atoms with E-state index in [-0.39, 0.29) is 6.71 Å². The average Bonchev–Trinajstić information content (AvgIpc) is 3.50. The summed E-state index contributed by atoms with van der Waals surface area (Å²) in [5.41, 5.74) is 11.0. The highest BCUT2D eigenvalue weighted by atomic mass is 32.1. The van der Waals surface area contributed by atoms with Crippen LogP contribution in [0.5, 0.6) is 11.5 Å². The summed E-state index contributed by atoms with van der Waals surface area (Å²) in [5, 5.41) is 2.63. The zero-order valence-electron chi connectivity index (χ0n) is 24.5. The van der Waals surface area contributed by atoms with Gasteiger partial charge in [0.25, 0.3) is 6.71 Å². The molecule has 0 radical (unpaired) electrons. The van der Waals surface area contributed by atoms with E-state index in [1.165, 1.54) is 69.9 Å². The predicted molar refractivity (Wildman–Crippen MR) is 193 cm³/mol. The summed E-state index contributed by atoms with van der Waals surface area (Å²) in [6, 6.07) is 59.2. The van der Waals surface area contributed by atoms with Crippen molar-refractivity contribution in [2.75, 3.05) is 0 Å². The average molecular weight is 591 g/mol. The highest BCUT2D eigenvalue weighted by molar-refractivity contribution is 7.26. The van der Waals surface area contributed by atoms with Crippen molar-refractivity contribution in [2.45, 2.75) is 0 Å². The Morgan fingerprint density at radius 2 is 0.956 bits per heavy atom. The summed E-state index contributed by atoms with van der Waals surface area (Å²) in [5.74, 6) is 1.83. The molecule has 0 spiro atoms. The minimum absolute atomic E-state index is 0.00858. The van der Waals surface area contributed by atoms with Gasteiger partial charge in [0.15, 0.2) is 0 Å². The molecule has 1 aromatic heterocycles. The van der Waals surface area contributed by atoms with Crippen molar-refractivity contribution in [3.63, 3.8) is 0 Å². The van der Waals surface area contributed by atoms with E-state index >= 15 is 0 Å². The Kier molecular flexibility index (Phi) is 6.17. The fourth-order valence-corrected chi connectivity index (χ4v) is 8.27. The third-order valence-electron chi connectivity index (χ3n) is 9.03. The number of benzene rings is 7. The zero-order valence-corrected chi connectivity index (χ0v) is 25.3. The van der Waals surface area contributed by atoms with Gasteiger partial charge in [0.1, 0.15) is 11.5 Å². The van der Waals surface area contributed by atoms with E-state index in [1.807, 2.05) is 11.3 Å². The Balaban J connectivity index is 1.41. The van der Waals surface area contributed by atoms with E-state index in [1.54, 1.807) is 0 Å². The highest BCUT2D eigenvalue weighted by Crippen LogP contribution is 2.42. The summed E-state index contributed by atoms with van der Waals surface area (Å²) in [4.78, 5) is 0. The molecule has 3 heteroatoms. The fraction of sp³-hybridized carbons (Fsp3) is 0. The molecule has 0 amide bonds. The molecule has 0 bridgehead atoms. The molecule has 0 fully saturated rings. The van der Waals surface area contributed by atoms with Gasteiger partial charge in [0, 0.05) is 20.2 Å². The molecule has 8 aromatic rings. The van der Waals surface area contributed by atoms with E-state index < -0.39 is 0 Å². The lowest BCUT2D eigenvalue weighted by Crippen LogP contribution is -2.56. The molecule has 0 saturated heterocycles. The van der Waals surface area contributed by atoms with Crippen LogP contribution >= 0.6 is 11.3 Å². The number of hydrogen-bond donors (Lipinski definition) is 0. The molecule has 1 aliphatic heterocycles. The van der Waals surface area contributed by atoms with Gasteiger partial charge in [0.05, 0.1) is 0 Å². The summed E-state index contributed by atoms with van der Waals surface area (Å²) in [7, 11) is 0. The lowest BCUT2D eigenvalue weighted by molar-refractivity contribution is 0.487. The van der Waals surface area contributed by atoms with Gasteiger partial charge in [-0.1, -0.05) is 139 Å². The van der Waals surface area contributed by atoms with Gasteiger partial charge in [-0.3, -0.25) is 0 Å². The molecule has 210 valence electrons. The fourth-order valence-electron chi connectivity index (χ4n) is 7.03. The largest absolute Gasteiger partial charge is 0.458 e. The minimum atomic E-state index is -0.00858. The maximum Gasteiger partial charge on any atom is 0.252 e. The maximum atomic E-state index is 6.49. The molecule has 45 heavy (non-hydrogen) atoms. The highest BCUT2D eigenvalue weighted by Gasteiger charge is 2.36. The third kappa shape index (κ3) is 4.31. The zero-order chi connectivity index (χ0) is 29.7. The molecule has 1 aliphatic rings. The number of para-hydroxylation sites is 2. The van der Waals surface area contributed by atoms with Gasteiger partial charge in [0.2, 0.25) is 0 Å². The Labute approximate surface area is 267 Å². The first kappa shape index (κ1) is 26.1. The number of ether oxygens (including phenoxy) is 1. The van der Waals surface area contributed by atoms with Crippen LogP contribution in [0.4, 0.5) is 0 Å². The van der Waals surface area contributed by atoms with Crippen molar-refractivity contribution in [3.8, 4) is 44.9 Å². The third-order valence-corrected chi connectivity index (χ3v) is 10.3. The monoisotopic (exact) mass is 590 g/mol. The molecule has 0 N–H and O–H groups in total. The summed E-state index contributed by atoms with van der Waals surface area (Å²) in [6.07, 6.45) is 0. The lowest BCUT2D eigenvalue weighted by atomic mass is 9.34. The van der Waals surface area contributed by atoms with Crippen molar-refractivity contribution in [3.05, 3.63) is 164 Å². The molecule has 1 nitrogen and oxygen atoms in total. The van der Waals surface area contributed by atoms with Crippen molar-refractivity contribution >= 4 is 54.6 Å². The molecular weight excluding hydrogens is 563 g/mol. The smallest absolute Gasteiger partial charge is 0.252 e. The Morgan fingerprint density at radius 1 is 0.422 bits per heavy atom. The summed E-state index contributed by atoms with van der Waals surface area (Å²) in [6.45, 7) is -0.00858. The van der Waals surface area contributed by atoms with E-state index in [2.05, 4.69) is 164 Å². The normalized spacial score (nSPS) is 12.1. The molecule has 7 aromatic carbocycles. The molecule has 2 heterocycles. The lowest BCUT2D eigenvalue weighted by Gasteiger charge is -2.30. The number of fused-ring (bicyclic) bond motifs is 5. The standard InChI is InChI=1S/C42H27BOS/c1-3-14-28(15-4-1)34-26-30(31-19-13-20-33-32-18-7-12-25-40(32)45-42(31)33)27-35(29-16-5-2-6-17-29)41(34)43-36-21-8-10-23-38(36)44-39-24-11-9-22-37(39)43/h1-27H. The topological polar surface area (TPSA) is 9.23 Å². The molecule has 0 unspecified atom stereocenters. The van der Waals surface area contributed by atoms with Gasteiger partial charge >= 0.3 is 0 Å². The van der Waals surface area contributed by atoms with Crippen molar-refractivity contribution < 1.29 is 4.74 Å². The van der Waals surface area contributed by atoms with Crippen molar-refractivity contribution in [2.24, 2.45) is 0 Å². The summed E-state index contributed by atoms with van der Waals surface area (Å²) >= 11 is 1.88. The Morgan fingerprint density at radius 3 is 1.60 bits per heavy atom. The number of hydrogen-bond acceptors (Lipinski definition) is 2. The van der Waals surface area contributed by atoms with Crippen LogP contribution in [0.25, 0.3) is 53.6 Å². The quantitative estimate of drug-likeness (QED) is 0.186. The molecule has 0 aliphatic carbocycles. The van der Waals surface area contributed by atoms with Gasteiger partial charge in [-0.05, 0) is 74.6 Å². The maximum absolute atomic E-state index is 6.49.